The van der Waals surface area contributed by atoms with Crippen LogP contribution in [0.4, 0.5) is 0 Å². The van der Waals surface area contributed by atoms with Crippen molar-refractivity contribution in [1.82, 2.24) is 14.5 Å². The zero-order valence-electron chi connectivity index (χ0n) is 20.4. The number of hydrogen-bond acceptors (Lipinski definition) is 3. The van der Waals surface area contributed by atoms with Crippen LogP contribution in [0.1, 0.15) is 0 Å². The third-order valence-corrected chi connectivity index (χ3v) is 7.32. The van der Waals surface area contributed by atoms with Crippen molar-refractivity contribution in [3.8, 4) is 27.9 Å². The van der Waals surface area contributed by atoms with Crippen LogP contribution in [-0.4, -0.2) is 14.5 Å². The van der Waals surface area contributed by atoms with Gasteiger partial charge in [-0.1, -0.05) is 72.8 Å². The lowest BCUT2D eigenvalue weighted by Crippen LogP contribution is -1.94. The summed E-state index contributed by atoms with van der Waals surface area (Å²) in [5.41, 5.74) is 10.3. The molecule has 0 saturated heterocycles. The molecule has 4 heteroatoms. The van der Waals surface area contributed by atoms with Gasteiger partial charge in [-0.3, -0.25) is 0 Å². The summed E-state index contributed by atoms with van der Waals surface area (Å²) < 4.78 is 8.23. The van der Waals surface area contributed by atoms with Gasteiger partial charge in [-0.2, -0.15) is 0 Å². The molecule has 0 radical (unpaired) electrons. The normalized spacial score (nSPS) is 11.7. The molecule has 0 spiro atoms. The van der Waals surface area contributed by atoms with Crippen LogP contribution in [0, 0.1) is 0 Å². The van der Waals surface area contributed by atoms with Gasteiger partial charge in [-0.15, -0.1) is 0 Å². The lowest BCUT2D eigenvalue weighted by molar-refractivity contribution is 0.653. The van der Waals surface area contributed by atoms with E-state index in [0.29, 0.717) is 5.71 Å². The number of nitrogens with zero attached hydrogens (tertiary/aromatic N) is 3. The van der Waals surface area contributed by atoms with Crippen LogP contribution in [-0.2, 0) is 0 Å². The van der Waals surface area contributed by atoms with Crippen molar-refractivity contribution >= 4 is 44.0 Å². The van der Waals surface area contributed by atoms with Crippen LogP contribution in [0.15, 0.2) is 132 Å². The molecular formula is C34H21N3O. The number of hydrogen-bond donors (Lipinski definition) is 0. The summed E-state index contributed by atoms with van der Waals surface area (Å²) in [4.78, 5) is 8.80. The van der Waals surface area contributed by atoms with E-state index in [2.05, 4.69) is 124 Å². The summed E-state index contributed by atoms with van der Waals surface area (Å²) in [7, 11) is 0. The summed E-state index contributed by atoms with van der Waals surface area (Å²) in [6.07, 6.45) is 3.36. The second-order valence-corrected chi connectivity index (χ2v) is 9.52. The molecule has 178 valence electrons. The Morgan fingerprint density at radius 3 is 1.89 bits per heavy atom. The minimum Gasteiger partial charge on any atom is -0.436 e. The summed E-state index contributed by atoms with van der Waals surface area (Å²) in [5.74, 6) is 0. The van der Waals surface area contributed by atoms with Gasteiger partial charge in [0.2, 0.25) is 5.71 Å². The van der Waals surface area contributed by atoms with Gasteiger partial charge >= 0.3 is 0 Å². The Bertz CT molecular complexity index is 2100. The molecule has 0 unspecified atom stereocenters. The Labute approximate surface area is 218 Å². The summed E-state index contributed by atoms with van der Waals surface area (Å²) in [5, 5.41) is 3.51. The van der Waals surface area contributed by atoms with Crippen molar-refractivity contribution in [2.75, 3.05) is 0 Å². The van der Waals surface area contributed by atoms with Crippen LogP contribution in [0.3, 0.4) is 0 Å². The lowest BCUT2D eigenvalue weighted by atomic mass is 9.98. The van der Waals surface area contributed by atoms with Gasteiger partial charge in [0.05, 0.1) is 11.0 Å². The fourth-order valence-electron chi connectivity index (χ4n) is 5.58. The molecule has 5 aromatic carbocycles. The summed E-state index contributed by atoms with van der Waals surface area (Å²) in [6, 6.07) is 40.9. The van der Waals surface area contributed by atoms with Crippen molar-refractivity contribution in [1.29, 1.82) is 0 Å². The average Bonchev–Trinajstić information content (AvgIpc) is 3.53. The van der Waals surface area contributed by atoms with E-state index in [1.165, 1.54) is 32.9 Å². The average molecular weight is 488 g/mol. The van der Waals surface area contributed by atoms with E-state index < -0.39 is 0 Å². The van der Waals surface area contributed by atoms with Crippen molar-refractivity contribution in [3.05, 3.63) is 128 Å². The second-order valence-electron chi connectivity index (χ2n) is 9.52. The molecule has 0 aliphatic carbocycles. The maximum Gasteiger partial charge on any atom is 0.246 e. The number of para-hydroxylation sites is 2. The number of benzene rings is 5. The quantitative estimate of drug-likeness (QED) is 0.250. The standard InChI is InChI=1S/C34H21N3O/c1-3-13-30-27(11-1)28-12-2-4-14-31(28)37(30)26-10-6-9-24(20-26)22-7-5-8-23(19-22)25-15-16-32-29(21-25)33-34(38-32)36-18-17-35-33/h1-21H. The topological polar surface area (TPSA) is 43.9 Å². The molecule has 3 aromatic heterocycles. The van der Waals surface area contributed by atoms with Crippen molar-refractivity contribution in [2.45, 2.75) is 0 Å². The molecule has 0 saturated carbocycles. The molecule has 0 aliphatic rings. The molecule has 0 aliphatic heterocycles. The van der Waals surface area contributed by atoms with E-state index >= 15 is 0 Å². The molecular weight excluding hydrogens is 466 g/mol. The fraction of sp³-hybridized carbons (Fsp3) is 0. The molecule has 4 nitrogen and oxygen atoms in total. The minimum absolute atomic E-state index is 0.565. The molecule has 0 N–H and O–H groups in total. The fourth-order valence-corrected chi connectivity index (χ4v) is 5.58. The highest BCUT2D eigenvalue weighted by Crippen LogP contribution is 2.35. The van der Waals surface area contributed by atoms with Crippen LogP contribution in [0.25, 0.3) is 71.9 Å². The van der Waals surface area contributed by atoms with Gasteiger partial charge < -0.3 is 8.98 Å². The molecule has 0 amide bonds. The van der Waals surface area contributed by atoms with E-state index in [1.807, 2.05) is 6.07 Å². The monoisotopic (exact) mass is 487 g/mol. The first-order valence-electron chi connectivity index (χ1n) is 12.7. The van der Waals surface area contributed by atoms with Crippen molar-refractivity contribution in [3.63, 3.8) is 0 Å². The van der Waals surface area contributed by atoms with Crippen molar-refractivity contribution < 1.29 is 4.42 Å². The third-order valence-electron chi connectivity index (χ3n) is 7.32. The zero-order valence-corrected chi connectivity index (χ0v) is 20.4. The summed E-state index contributed by atoms with van der Waals surface area (Å²) >= 11 is 0. The smallest absolute Gasteiger partial charge is 0.246 e. The van der Waals surface area contributed by atoms with Gasteiger partial charge in [0.15, 0.2) is 0 Å². The van der Waals surface area contributed by atoms with Crippen LogP contribution >= 0.6 is 0 Å². The first-order chi connectivity index (χ1) is 18.8. The highest BCUT2D eigenvalue weighted by molar-refractivity contribution is 6.09. The maximum atomic E-state index is 5.87. The van der Waals surface area contributed by atoms with Crippen LogP contribution in [0.2, 0.25) is 0 Å². The Hall–Kier alpha value is -5.22. The predicted octanol–water partition coefficient (Wildman–Crippen LogP) is 8.81. The summed E-state index contributed by atoms with van der Waals surface area (Å²) in [6.45, 7) is 0. The van der Waals surface area contributed by atoms with Crippen LogP contribution < -0.4 is 0 Å². The Morgan fingerprint density at radius 1 is 0.500 bits per heavy atom. The molecule has 3 heterocycles. The van der Waals surface area contributed by atoms with E-state index in [0.717, 1.165) is 33.3 Å². The molecule has 0 bridgehead atoms. The third kappa shape index (κ3) is 3.17. The molecule has 38 heavy (non-hydrogen) atoms. The SMILES string of the molecule is c1cc(-c2cccc(-n3c4ccccc4c4ccccc43)c2)cc(-c2ccc3oc4nccnc4c3c2)c1. The number of fused-ring (bicyclic) bond motifs is 6. The van der Waals surface area contributed by atoms with E-state index in [9.17, 15) is 0 Å². The lowest BCUT2D eigenvalue weighted by Gasteiger charge is -2.11. The van der Waals surface area contributed by atoms with Gasteiger partial charge in [0.1, 0.15) is 11.1 Å². The molecule has 8 aromatic rings. The second kappa shape index (κ2) is 8.15. The number of rotatable bonds is 3. The first-order valence-corrected chi connectivity index (χ1v) is 12.7. The number of aromatic nitrogens is 3. The molecule has 0 fully saturated rings. The Kier molecular flexibility index (Phi) is 4.49. The van der Waals surface area contributed by atoms with Gasteiger partial charge in [0, 0.05) is 34.2 Å². The number of furan rings is 1. The largest absolute Gasteiger partial charge is 0.436 e. The van der Waals surface area contributed by atoms with E-state index in [4.69, 9.17) is 4.42 Å². The predicted molar refractivity (Wildman–Crippen MR) is 155 cm³/mol. The highest BCUT2D eigenvalue weighted by atomic mass is 16.3. The van der Waals surface area contributed by atoms with Gasteiger partial charge in [0.25, 0.3) is 0 Å². The molecule has 0 atom stereocenters. The maximum absolute atomic E-state index is 5.87. The molecule has 8 rings (SSSR count). The first kappa shape index (κ1) is 20.9. The van der Waals surface area contributed by atoms with Gasteiger partial charge in [-0.25, -0.2) is 9.97 Å². The van der Waals surface area contributed by atoms with Crippen molar-refractivity contribution in [2.24, 2.45) is 0 Å². The van der Waals surface area contributed by atoms with Crippen LogP contribution in [0.5, 0.6) is 0 Å². The zero-order chi connectivity index (χ0) is 25.1. The van der Waals surface area contributed by atoms with E-state index in [1.54, 1.807) is 12.4 Å². The highest BCUT2D eigenvalue weighted by Gasteiger charge is 2.13. The minimum atomic E-state index is 0.565. The van der Waals surface area contributed by atoms with E-state index in [-0.39, 0.29) is 0 Å². The Morgan fingerprint density at radius 2 is 1.13 bits per heavy atom. The van der Waals surface area contributed by atoms with Gasteiger partial charge in [-0.05, 0) is 64.7 Å². The Balaban J connectivity index is 1.25.